The third-order valence-electron chi connectivity index (χ3n) is 5.57. The highest BCUT2D eigenvalue weighted by Crippen LogP contribution is 2.31. The Kier molecular flexibility index (Phi) is 5.74. The van der Waals surface area contributed by atoms with Gasteiger partial charge in [0.05, 0.1) is 6.54 Å². The van der Waals surface area contributed by atoms with Crippen LogP contribution in [0.25, 0.3) is 0 Å². The molecule has 7 nitrogen and oxygen atoms in total. The van der Waals surface area contributed by atoms with Gasteiger partial charge in [0.15, 0.2) is 0 Å². The molecule has 0 spiro atoms. The van der Waals surface area contributed by atoms with E-state index >= 15 is 0 Å². The molecule has 0 bridgehead atoms. The Balaban J connectivity index is 1.64. The van der Waals surface area contributed by atoms with E-state index in [1.165, 1.54) is 12.5 Å². The lowest BCUT2D eigenvalue weighted by Gasteiger charge is -2.35. The molecule has 0 saturated carbocycles. The van der Waals surface area contributed by atoms with E-state index in [2.05, 4.69) is 37.1 Å². The number of nitrogens with one attached hydrogen (secondary N) is 1. The maximum atomic E-state index is 13.2. The van der Waals surface area contributed by atoms with Crippen molar-refractivity contribution in [3.63, 3.8) is 0 Å². The Morgan fingerprint density at radius 1 is 1.00 bits per heavy atom. The highest BCUT2D eigenvalue weighted by molar-refractivity contribution is 5.96. The second kappa shape index (κ2) is 7.91. The van der Waals surface area contributed by atoms with Crippen molar-refractivity contribution < 1.29 is 14.4 Å². The smallest absolute Gasteiger partial charge is 0.254 e. The van der Waals surface area contributed by atoms with Crippen LogP contribution in [-0.2, 0) is 22.7 Å². The summed E-state index contributed by atoms with van der Waals surface area (Å²) < 4.78 is 0. The van der Waals surface area contributed by atoms with Crippen LogP contribution in [0.4, 0.5) is 0 Å². The highest BCUT2D eigenvalue weighted by Gasteiger charge is 2.32. The third-order valence-corrected chi connectivity index (χ3v) is 5.57. The van der Waals surface area contributed by atoms with Crippen molar-refractivity contribution in [1.82, 2.24) is 20.0 Å². The molecule has 0 atom stereocenters. The zero-order valence-corrected chi connectivity index (χ0v) is 17.2. The highest BCUT2D eigenvalue weighted by atomic mass is 16.2. The van der Waals surface area contributed by atoms with E-state index in [1.54, 1.807) is 4.90 Å². The summed E-state index contributed by atoms with van der Waals surface area (Å²) in [4.78, 5) is 42.2. The molecule has 1 fully saturated rings. The van der Waals surface area contributed by atoms with Gasteiger partial charge >= 0.3 is 0 Å². The van der Waals surface area contributed by atoms with E-state index in [-0.39, 0.29) is 29.8 Å². The molecule has 28 heavy (non-hydrogen) atoms. The summed E-state index contributed by atoms with van der Waals surface area (Å²) in [5, 5.41) is 2.53. The van der Waals surface area contributed by atoms with Gasteiger partial charge in [-0.15, -0.1) is 0 Å². The van der Waals surface area contributed by atoms with Crippen molar-refractivity contribution in [1.29, 1.82) is 0 Å². The average Bonchev–Trinajstić information content (AvgIpc) is 3.10. The molecule has 1 N–H and O–H groups in total. The molecule has 1 aromatic carbocycles. The lowest BCUT2D eigenvalue weighted by molar-refractivity contribution is -0.133. The summed E-state index contributed by atoms with van der Waals surface area (Å²) >= 11 is 0. The van der Waals surface area contributed by atoms with Gasteiger partial charge in [-0.1, -0.05) is 12.1 Å². The molecule has 2 heterocycles. The first-order valence-electron chi connectivity index (χ1n) is 9.84. The summed E-state index contributed by atoms with van der Waals surface area (Å²) in [6, 6.07) is 5.99. The van der Waals surface area contributed by atoms with Gasteiger partial charge in [-0.25, -0.2) is 0 Å². The first-order valence-corrected chi connectivity index (χ1v) is 9.84. The van der Waals surface area contributed by atoms with Crippen molar-refractivity contribution >= 4 is 17.7 Å². The maximum Gasteiger partial charge on any atom is 0.254 e. The van der Waals surface area contributed by atoms with Crippen molar-refractivity contribution in [3.05, 3.63) is 34.9 Å². The topological polar surface area (TPSA) is 73.0 Å². The zero-order valence-electron chi connectivity index (χ0n) is 17.2. The zero-order chi connectivity index (χ0) is 20.5. The van der Waals surface area contributed by atoms with E-state index in [0.717, 1.165) is 24.2 Å². The van der Waals surface area contributed by atoms with E-state index in [4.69, 9.17) is 0 Å². The molecule has 7 heteroatoms. The minimum atomic E-state index is -0.218. The number of hydrogen-bond acceptors (Lipinski definition) is 4. The first kappa shape index (κ1) is 20.3. The van der Waals surface area contributed by atoms with Gasteiger partial charge in [-0.2, -0.15) is 0 Å². The number of nitrogens with zero attached hydrogens (tertiary/aromatic N) is 3. The molecule has 0 unspecified atom stereocenters. The Labute approximate surface area is 166 Å². The summed E-state index contributed by atoms with van der Waals surface area (Å²) in [6.45, 7) is 11.6. The normalized spacial score (nSPS) is 17.4. The summed E-state index contributed by atoms with van der Waals surface area (Å²) in [7, 11) is 0. The van der Waals surface area contributed by atoms with E-state index in [0.29, 0.717) is 26.2 Å². The third kappa shape index (κ3) is 4.35. The van der Waals surface area contributed by atoms with Crippen LogP contribution in [0.3, 0.4) is 0 Å². The minimum Gasteiger partial charge on any atom is -0.347 e. The monoisotopic (exact) mass is 386 g/mol. The van der Waals surface area contributed by atoms with Gasteiger partial charge in [0, 0.05) is 57.3 Å². The van der Waals surface area contributed by atoms with Crippen molar-refractivity contribution in [3.8, 4) is 0 Å². The van der Waals surface area contributed by atoms with Crippen LogP contribution in [-0.4, -0.2) is 70.7 Å². The number of benzene rings is 1. The number of fused-ring (bicyclic) bond motifs is 1. The second-order valence-electron chi connectivity index (χ2n) is 8.55. The Hall–Kier alpha value is -2.41. The minimum absolute atomic E-state index is 0.0120. The maximum absolute atomic E-state index is 13.2. The number of carbonyl (C=O) groups excluding carboxylic acids is 3. The van der Waals surface area contributed by atoms with Crippen molar-refractivity contribution in [2.45, 2.75) is 46.3 Å². The van der Waals surface area contributed by atoms with Gasteiger partial charge in [-0.05, 0) is 38.0 Å². The predicted molar refractivity (Wildman–Crippen MR) is 107 cm³/mol. The van der Waals surface area contributed by atoms with Crippen molar-refractivity contribution in [2.24, 2.45) is 0 Å². The molecule has 3 rings (SSSR count). The molecule has 2 aliphatic heterocycles. The van der Waals surface area contributed by atoms with Gasteiger partial charge in [0.25, 0.3) is 5.91 Å². The van der Waals surface area contributed by atoms with Crippen LogP contribution in [0.15, 0.2) is 18.2 Å². The summed E-state index contributed by atoms with van der Waals surface area (Å²) in [5.41, 5.74) is 3.19. The molecular formula is C21H30N4O3. The standard InChI is InChI=1S/C21H30N4O3/c1-15(26)22-12-19(27)23-8-10-24(11-9-23)20(28)17-7-5-6-16-13-25(14-18(16)17)21(2,3)4/h5-7H,8-14H2,1-4H3,(H,22,26). The first-order chi connectivity index (χ1) is 13.2. The van der Waals surface area contributed by atoms with Gasteiger partial charge < -0.3 is 15.1 Å². The molecule has 2 aliphatic rings. The summed E-state index contributed by atoms with van der Waals surface area (Å²) in [5.74, 6) is -0.283. The molecule has 3 amide bonds. The molecule has 1 aromatic rings. The largest absolute Gasteiger partial charge is 0.347 e. The van der Waals surface area contributed by atoms with Crippen LogP contribution in [0, 0.1) is 0 Å². The molecular weight excluding hydrogens is 356 g/mol. The molecule has 1 saturated heterocycles. The second-order valence-corrected chi connectivity index (χ2v) is 8.55. The number of amides is 3. The van der Waals surface area contributed by atoms with Gasteiger partial charge in [0.1, 0.15) is 0 Å². The predicted octanol–water partition coefficient (Wildman–Crippen LogP) is 1.22. The fraction of sp³-hybridized carbons (Fsp3) is 0.571. The van der Waals surface area contributed by atoms with E-state index < -0.39 is 0 Å². The van der Waals surface area contributed by atoms with Crippen LogP contribution in [0.5, 0.6) is 0 Å². The van der Waals surface area contributed by atoms with Crippen LogP contribution in [0.2, 0.25) is 0 Å². The average molecular weight is 386 g/mol. The lowest BCUT2D eigenvalue weighted by atomic mass is 10.0. The molecule has 152 valence electrons. The fourth-order valence-electron chi connectivity index (χ4n) is 3.74. The van der Waals surface area contributed by atoms with E-state index in [9.17, 15) is 14.4 Å². The van der Waals surface area contributed by atoms with Gasteiger partial charge in [-0.3, -0.25) is 19.3 Å². The van der Waals surface area contributed by atoms with Crippen LogP contribution < -0.4 is 5.32 Å². The number of carbonyl (C=O) groups is 3. The molecule has 0 radical (unpaired) electrons. The van der Waals surface area contributed by atoms with Gasteiger partial charge in [0.2, 0.25) is 11.8 Å². The SMILES string of the molecule is CC(=O)NCC(=O)N1CCN(C(=O)c2cccc3c2CN(C(C)(C)C)C3)CC1. The Morgan fingerprint density at radius 3 is 2.25 bits per heavy atom. The lowest BCUT2D eigenvalue weighted by Crippen LogP contribution is -2.52. The van der Waals surface area contributed by atoms with Crippen LogP contribution >= 0.6 is 0 Å². The summed E-state index contributed by atoms with van der Waals surface area (Å²) in [6.07, 6.45) is 0. The van der Waals surface area contributed by atoms with E-state index in [1.807, 2.05) is 17.0 Å². The van der Waals surface area contributed by atoms with Crippen molar-refractivity contribution in [2.75, 3.05) is 32.7 Å². The molecule has 0 aromatic heterocycles. The quantitative estimate of drug-likeness (QED) is 0.848. The number of piperazine rings is 1. The number of rotatable bonds is 3. The van der Waals surface area contributed by atoms with Crippen LogP contribution in [0.1, 0.15) is 49.2 Å². The molecule has 0 aliphatic carbocycles. The Bertz CT molecular complexity index is 776. The fourth-order valence-corrected chi connectivity index (χ4v) is 3.74. The number of hydrogen-bond donors (Lipinski definition) is 1. The Morgan fingerprint density at radius 2 is 1.64 bits per heavy atom.